The summed E-state index contributed by atoms with van der Waals surface area (Å²) in [7, 11) is 1.72. The number of rotatable bonds is 2. The van der Waals surface area contributed by atoms with Crippen molar-refractivity contribution in [1.29, 1.82) is 0 Å². The van der Waals surface area contributed by atoms with Crippen LogP contribution in [0.2, 0.25) is 0 Å². The fourth-order valence-electron chi connectivity index (χ4n) is 1.21. The van der Waals surface area contributed by atoms with Crippen molar-refractivity contribution in [3.05, 3.63) is 35.1 Å². The van der Waals surface area contributed by atoms with Gasteiger partial charge in [0.2, 0.25) is 0 Å². The van der Waals surface area contributed by atoms with Gasteiger partial charge in [0, 0.05) is 12.6 Å². The van der Waals surface area contributed by atoms with Crippen LogP contribution >= 0.6 is 0 Å². The predicted octanol–water partition coefficient (Wildman–Crippen LogP) is 2.08. The number of halogens is 1. The summed E-state index contributed by atoms with van der Waals surface area (Å²) in [4.78, 5) is 0. The molecule has 0 aliphatic rings. The molecule has 1 N–H and O–H groups in total. The van der Waals surface area contributed by atoms with E-state index in [1.165, 1.54) is 12.1 Å². The lowest BCUT2D eigenvalue weighted by molar-refractivity contribution is 0.627. The van der Waals surface area contributed by atoms with E-state index in [0.29, 0.717) is 0 Å². The quantitative estimate of drug-likeness (QED) is 0.547. The molecule has 3 heteroatoms. The molecule has 0 aromatic heterocycles. The fraction of sp³-hybridized carbons (Fsp3) is 0.300. The van der Waals surface area contributed by atoms with Crippen molar-refractivity contribution in [2.75, 3.05) is 7.05 Å². The van der Waals surface area contributed by atoms with Crippen molar-refractivity contribution in [2.45, 2.75) is 13.8 Å². The number of hydrazone groups is 1. The monoisotopic (exact) mass is 180 g/mol. The molecule has 0 unspecified atom stereocenters. The Morgan fingerprint density at radius 2 is 2.15 bits per heavy atom. The first-order chi connectivity index (χ1) is 6.15. The first kappa shape index (κ1) is 9.71. The molecule has 2 nitrogen and oxygen atoms in total. The maximum atomic E-state index is 12.9. The van der Waals surface area contributed by atoms with Crippen molar-refractivity contribution < 1.29 is 4.39 Å². The van der Waals surface area contributed by atoms with E-state index in [0.717, 1.165) is 16.8 Å². The molecule has 1 aromatic carbocycles. The SMILES string of the molecule is CN/N=C(\C)c1cc(F)ccc1C. The zero-order chi connectivity index (χ0) is 9.84. The van der Waals surface area contributed by atoms with Gasteiger partial charge in [0.05, 0.1) is 5.71 Å². The number of aryl methyl sites for hydroxylation is 1. The second kappa shape index (κ2) is 4.03. The van der Waals surface area contributed by atoms with E-state index in [1.807, 2.05) is 13.8 Å². The first-order valence-electron chi connectivity index (χ1n) is 4.12. The summed E-state index contributed by atoms with van der Waals surface area (Å²) in [6.45, 7) is 3.78. The van der Waals surface area contributed by atoms with Crippen LogP contribution in [0.25, 0.3) is 0 Å². The lowest BCUT2D eigenvalue weighted by Gasteiger charge is -2.04. The molecule has 0 spiro atoms. The Bertz CT molecular complexity index is 332. The van der Waals surface area contributed by atoms with Gasteiger partial charge < -0.3 is 5.43 Å². The summed E-state index contributed by atoms with van der Waals surface area (Å²) in [6, 6.07) is 4.69. The first-order valence-corrected chi connectivity index (χ1v) is 4.12. The molecule has 0 aliphatic heterocycles. The van der Waals surface area contributed by atoms with Crippen LogP contribution in [0.15, 0.2) is 23.3 Å². The summed E-state index contributed by atoms with van der Waals surface area (Å²) < 4.78 is 12.9. The predicted molar refractivity (Wildman–Crippen MR) is 52.4 cm³/mol. The topological polar surface area (TPSA) is 24.4 Å². The summed E-state index contributed by atoms with van der Waals surface area (Å²) in [5.74, 6) is -0.230. The summed E-state index contributed by atoms with van der Waals surface area (Å²) in [6.07, 6.45) is 0. The Labute approximate surface area is 77.5 Å². The van der Waals surface area contributed by atoms with Crippen molar-refractivity contribution in [2.24, 2.45) is 5.10 Å². The van der Waals surface area contributed by atoms with E-state index in [-0.39, 0.29) is 5.82 Å². The zero-order valence-electron chi connectivity index (χ0n) is 8.06. The van der Waals surface area contributed by atoms with Crippen LogP contribution in [0, 0.1) is 12.7 Å². The van der Waals surface area contributed by atoms with Crippen LogP contribution in [0.1, 0.15) is 18.1 Å². The van der Waals surface area contributed by atoms with Gasteiger partial charge in [-0.1, -0.05) is 6.07 Å². The maximum absolute atomic E-state index is 12.9. The van der Waals surface area contributed by atoms with E-state index >= 15 is 0 Å². The van der Waals surface area contributed by atoms with Crippen molar-refractivity contribution in [3.63, 3.8) is 0 Å². The van der Waals surface area contributed by atoms with Gasteiger partial charge in [-0.25, -0.2) is 4.39 Å². The Morgan fingerprint density at radius 3 is 2.77 bits per heavy atom. The van der Waals surface area contributed by atoms with E-state index in [9.17, 15) is 4.39 Å². The van der Waals surface area contributed by atoms with Crippen molar-refractivity contribution in [1.82, 2.24) is 5.43 Å². The van der Waals surface area contributed by atoms with Crippen LogP contribution in [-0.4, -0.2) is 12.8 Å². The summed E-state index contributed by atoms with van der Waals surface area (Å²) >= 11 is 0. The minimum absolute atomic E-state index is 0.230. The molecule has 0 heterocycles. The third kappa shape index (κ3) is 2.28. The molecule has 0 atom stereocenters. The lowest BCUT2D eigenvalue weighted by Crippen LogP contribution is -2.05. The highest BCUT2D eigenvalue weighted by Gasteiger charge is 2.02. The molecular weight excluding hydrogens is 167 g/mol. The van der Waals surface area contributed by atoms with Gasteiger partial charge in [-0.05, 0) is 31.5 Å². The summed E-state index contributed by atoms with van der Waals surface area (Å²) in [5.41, 5.74) is 5.34. The largest absolute Gasteiger partial charge is 0.313 e. The molecule has 0 saturated carbocycles. The molecular formula is C10H13FN2. The van der Waals surface area contributed by atoms with Gasteiger partial charge in [-0.3, -0.25) is 0 Å². The van der Waals surface area contributed by atoms with Crippen LogP contribution in [-0.2, 0) is 0 Å². The minimum Gasteiger partial charge on any atom is -0.313 e. The second-order valence-electron chi connectivity index (χ2n) is 2.88. The number of benzene rings is 1. The second-order valence-corrected chi connectivity index (χ2v) is 2.88. The van der Waals surface area contributed by atoms with Crippen molar-refractivity contribution in [3.8, 4) is 0 Å². The lowest BCUT2D eigenvalue weighted by atomic mass is 10.1. The summed E-state index contributed by atoms with van der Waals surface area (Å²) in [5, 5.41) is 4.00. The van der Waals surface area contributed by atoms with Gasteiger partial charge in [-0.15, -0.1) is 0 Å². The molecule has 13 heavy (non-hydrogen) atoms. The minimum atomic E-state index is -0.230. The van der Waals surface area contributed by atoms with Crippen LogP contribution < -0.4 is 5.43 Å². The molecule has 70 valence electrons. The Morgan fingerprint density at radius 1 is 1.46 bits per heavy atom. The third-order valence-corrected chi connectivity index (χ3v) is 1.87. The van der Waals surface area contributed by atoms with Crippen molar-refractivity contribution >= 4 is 5.71 Å². The highest BCUT2D eigenvalue weighted by molar-refractivity contribution is 5.99. The molecule has 0 radical (unpaired) electrons. The van der Waals surface area contributed by atoms with E-state index in [1.54, 1.807) is 13.1 Å². The number of hydrogen-bond donors (Lipinski definition) is 1. The van der Waals surface area contributed by atoms with Gasteiger partial charge in [0.15, 0.2) is 0 Å². The molecule has 0 fully saturated rings. The van der Waals surface area contributed by atoms with Gasteiger partial charge in [-0.2, -0.15) is 5.10 Å². The Hall–Kier alpha value is -1.38. The molecule has 1 aromatic rings. The molecule has 0 bridgehead atoms. The standard InChI is InChI=1S/C10H13FN2/c1-7-4-5-9(11)6-10(7)8(2)13-12-3/h4-6,12H,1-3H3/b13-8+. The maximum Gasteiger partial charge on any atom is 0.123 e. The average molecular weight is 180 g/mol. The third-order valence-electron chi connectivity index (χ3n) is 1.87. The highest BCUT2D eigenvalue weighted by atomic mass is 19.1. The zero-order valence-corrected chi connectivity index (χ0v) is 8.06. The molecule has 1 rings (SSSR count). The number of hydrogen-bond acceptors (Lipinski definition) is 2. The average Bonchev–Trinajstić information content (AvgIpc) is 2.09. The molecule has 0 aliphatic carbocycles. The highest BCUT2D eigenvalue weighted by Crippen LogP contribution is 2.10. The van der Waals surface area contributed by atoms with Crippen LogP contribution in [0.5, 0.6) is 0 Å². The van der Waals surface area contributed by atoms with Gasteiger partial charge in [0.1, 0.15) is 5.82 Å². The smallest absolute Gasteiger partial charge is 0.123 e. The van der Waals surface area contributed by atoms with E-state index in [2.05, 4.69) is 10.5 Å². The van der Waals surface area contributed by atoms with Crippen LogP contribution in [0.4, 0.5) is 4.39 Å². The van der Waals surface area contributed by atoms with Gasteiger partial charge >= 0.3 is 0 Å². The van der Waals surface area contributed by atoms with Gasteiger partial charge in [0.25, 0.3) is 0 Å². The fourth-order valence-corrected chi connectivity index (χ4v) is 1.21. The normalized spacial score (nSPS) is 11.5. The Kier molecular flexibility index (Phi) is 3.01. The van der Waals surface area contributed by atoms with E-state index in [4.69, 9.17) is 0 Å². The Balaban J connectivity index is 3.13. The molecule has 0 saturated heterocycles. The number of nitrogens with zero attached hydrogens (tertiary/aromatic N) is 1. The van der Waals surface area contributed by atoms with E-state index < -0.39 is 0 Å². The molecule has 0 amide bonds. The number of nitrogens with one attached hydrogen (secondary N) is 1. The van der Waals surface area contributed by atoms with Crippen LogP contribution in [0.3, 0.4) is 0 Å².